The summed E-state index contributed by atoms with van der Waals surface area (Å²) in [6.07, 6.45) is 0. The summed E-state index contributed by atoms with van der Waals surface area (Å²) in [5.74, 6) is 0.715. The van der Waals surface area contributed by atoms with Crippen LogP contribution in [0.1, 0.15) is 25.0 Å². The molecular formula is C55H37N3. The number of fused-ring (bicyclic) bond motifs is 12. The minimum Gasteiger partial charge on any atom is -0.309 e. The van der Waals surface area contributed by atoms with Gasteiger partial charge in [0, 0.05) is 38.6 Å². The van der Waals surface area contributed by atoms with E-state index in [2.05, 4.69) is 182 Å². The predicted octanol–water partition coefficient (Wildman–Crippen LogP) is 14.3. The van der Waals surface area contributed by atoms with Crippen molar-refractivity contribution in [3.63, 3.8) is 0 Å². The van der Waals surface area contributed by atoms with Crippen molar-refractivity contribution < 1.29 is 0 Å². The number of benzene rings is 9. The molecule has 0 atom stereocenters. The van der Waals surface area contributed by atoms with Crippen molar-refractivity contribution >= 4 is 54.1 Å². The second kappa shape index (κ2) is 12.3. The third-order valence-corrected chi connectivity index (χ3v) is 12.6. The van der Waals surface area contributed by atoms with Gasteiger partial charge in [0.1, 0.15) is 0 Å². The fourth-order valence-corrected chi connectivity index (χ4v) is 9.75. The molecule has 11 aromatic rings. The van der Waals surface area contributed by atoms with E-state index in [0.717, 1.165) is 33.8 Å². The molecule has 0 radical (unpaired) electrons. The van der Waals surface area contributed by atoms with Gasteiger partial charge in [-0.3, -0.25) is 0 Å². The topological polar surface area (TPSA) is 30.7 Å². The monoisotopic (exact) mass is 739 g/mol. The summed E-state index contributed by atoms with van der Waals surface area (Å²) in [6.45, 7) is 4.73. The molecule has 0 bridgehead atoms. The predicted molar refractivity (Wildman–Crippen MR) is 243 cm³/mol. The Kier molecular flexibility index (Phi) is 6.98. The van der Waals surface area contributed by atoms with Crippen LogP contribution in [-0.2, 0) is 5.41 Å². The molecule has 9 aromatic carbocycles. The lowest BCUT2D eigenvalue weighted by Gasteiger charge is -2.21. The summed E-state index contributed by atoms with van der Waals surface area (Å²) in [5.41, 5.74) is 13.7. The van der Waals surface area contributed by atoms with Gasteiger partial charge in [-0.15, -0.1) is 0 Å². The fraction of sp³-hybridized carbons (Fsp3) is 0.0545. The third-order valence-electron chi connectivity index (χ3n) is 12.6. The minimum absolute atomic E-state index is 0.131. The van der Waals surface area contributed by atoms with Gasteiger partial charge in [-0.2, -0.15) is 0 Å². The number of rotatable bonds is 4. The average Bonchev–Trinajstić information content (AvgIpc) is 3.73. The molecule has 0 amide bonds. The Morgan fingerprint density at radius 1 is 0.362 bits per heavy atom. The highest BCUT2D eigenvalue weighted by Crippen LogP contribution is 2.51. The molecule has 2 heterocycles. The van der Waals surface area contributed by atoms with E-state index in [1.165, 1.54) is 76.4 Å². The molecule has 272 valence electrons. The van der Waals surface area contributed by atoms with Gasteiger partial charge in [-0.25, -0.2) is 9.97 Å². The highest BCUT2D eigenvalue weighted by Gasteiger charge is 2.36. The molecule has 0 saturated heterocycles. The van der Waals surface area contributed by atoms with Crippen molar-refractivity contribution in [2.75, 3.05) is 0 Å². The standard InChI is InChI=1S/C55H37N3/c1-55(2)48-24-14-13-23-43(48)45-31-47-46-29-36(51-33-50(34-15-5-3-6-16-34)56-54(57-51)35-17-7-4-8-18-35)25-28-52(46)58(53(47)32-49(45)55)37-26-27-42-40-21-10-9-19-38(40)39-20-11-12-22-41(39)44(42)30-37/h3-33H,1-2H3. The summed E-state index contributed by atoms with van der Waals surface area (Å²) < 4.78 is 2.49. The Balaban J connectivity index is 1.15. The van der Waals surface area contributed by atoms with Crippen LogP contribution in [0, 0.1) is 0 Å². The first kappa shape index (κ1) is 32.8. The molecule has 0 N–H and O–H groups in total. The molecule has 3 nitrogen and oxygen atoms in total. The second-order valence-electron chi connectivity index (χ2n) is 16.2. The van der Waals surface area contributed by atoms with Crippen LogP contribution in [0.3, 0.4) is 0 Å². The van der Waals surface area contributed by atoms with Crippen LogP contribution < -0.4 is 0 Å². The van der Waals surface area contributed by atoms with E-state index in [1.54, 1.807) is 0 Å². The molecule has 2 aromatic heterocycles. The largest absolute Gasteiger partial charge is 0.309 e. The summed E-state index contributed by atoms with van der Waals surface area (Å²) >= 11 is 0. The molecule has 0 aliphatic heterocycles. The van der Waals surface area contributed by atoms with Crippen molar-refractivity contribution in [3.8, 4) is 50.7 Å². The van der Waals surface area contributed by atoms with Gasteiger partial charge >= 0.3 is 0 Å². The number of nitrogens with zero attached hydrogens (tertiary/aromatic N) is 3. The van der Waals surface area contributed by atoms with E-state index >= 15 is 0 Å². The number of hydrogen-bond acceptors (Lipinski definition) is 2. The average molecular weight is 740 g/mol. The zero-order valence-corrected chi connectivity index (χ0v) is 32.2. The Morgan fingerprint density at radius 2 is 0.931 bits per heavy atom. The lowest BCUT2D eigenvalue weighted by Crippen LogP contribution is -2.14. The van der Waals surface area contributed by atoms with Crippen molar-refractivity contribution in [1.29, 1.82) is 0 Å². The highest BCUT2D eigenvalue weighted by atomic mass is 15.0. The lowest BCUT2D eigenvalue weighted by molar-refractivity contribution is 0.661. The van der Waals surface area contributed by atoms with Gasteiger partial charge in [0.2, 0.25) is 0 Å². The van der Waals surface area contributed by atoms with Gasteiger partial charge in [0.15, 0.2) is 5.82 Å². The van der Waals surface area contributed by atoms with Crippen molar-refractivity contribution in [2.45, 2.75) is 19.3 Å². The SMILES string of the molecule is CC1(C)c2ccccc2-c2cc3c4cc(-c5cc(-c6ccccc6)nc(-c6ccccc6)n5)ccc4n(-c4ccc5c6ccccc6c6ccccc6c5c4)c3cc21. The van der Waals surface area contributed by atoms with Crippen LogP contribution in [0.2, 0.25) is 0 Å². The Bertz CT molecular complexity index is 3370. The van der Waals surface area contributed by atoms with Crippen LogP contribution in [0.15, 0.2) is 188 Å². The van der Waals surface area contributed by atoms with Gasteiger partial charge in [-0.1, -0.05) is 159 Å². The Hall–Kier alpha value is -7.36. The quantitative estimate of drug-likeness (QED) is 0.168. The first-order chi connectivity index (χ1) is 28.5. The van der Waals surface area contributed by atoms with E-state index in [9.17, 15) is 0 Å². The van der Waals surface area contributed by atoms with Crippen molar-refractivity contribution in [3.05, 3.63) is 199 Å². The third kappa shape index (κ3) is 4.80. The van der Waals surface area contributed by atoms with E-state index in [0.29, 0.717) is 5.82 Å². The van der Waals surface area contributed by atoms with Crippen LogP contribution >= 0.6 is 0 Å². The summed E-state index contributed by atoms with van der Waals surface area (Å²) in [6, 6.07) is 68.3. The van der Waals surface area contributed by atoms with Gasteiger partial charge in [0.25, 0.3) is 0 Å². The van der Waals surface area contributed by atoms with Crippen molar-refractivity contribution in [2.24, 2.45) is 0 Å². The Morgan fingerprint density at radius 3 is 1.64 bits per heavy atom. The molecule has 0 unspecified atom stereocenters. The molecule has 12 rings (SSSR count). The van der Waals surface area contributed by atoms with E-state index in [1.807, 2.05) is 24.3 Å². The van der Waals surface area contributed by atoms with E-state index in [4.69, 9.17) is 9.97 Å². The van der Waals surface area contributed by atoms with Gasteiger partial charge < -0.3 is 4.57 Å². The second-order valence-corrected chi connectivity index (χ2v) is 16.2. The first-order valence-corrected chi connectivity index (χ1v) is 20.1. The normalized spacial score (nSPS) is 13.1. The minimum atomic E-state index is -0.131. The molecule has 3 heteroatoms. The van der Waals surface area contributed by atoms with Crippen LogP contribution in [0.25, 0.3) is 105 Å². The molecule has 1 aliphatic carbocycles. The van der Waals surface area contributed by atoms with Gasteiger partial charge in [0.05, 0.1) is 22.4 Å². The molecule has 0 saturated carbocycles. The van der Waals surface area contributed by atoms with E-state index < -0.39 is 0 Å². The number of aromatic nitrogens is 3. The molecule has 58 heavy (non-hydrogen) atoms. The van der Waals surface area contributed by atoms with E-state index in [-0.39, 0.29) is 5.41 Å². The molecule has 0 fully saturated rings. The van der Waals surface area contributed by atoms with Crippen LogP contribution in [0.4, 0.5) is 0 Å². The van der Waals surface area contributed by atoms with Crippen molar-refractivity contribution in [1.82, 2.24) is 14.5 Å². The summed E-state index contributed by atoms with van der Waals surface area (Å²) in [7, 11) is 0. The fourth-order valence-electron chi connectivity index (χ4n) is 9.75. The first-order valence-electron chi connectivity index (χ1n) is 20.1. The van der Waals surface area contributed by atoms with Crippen LogP contribution in [0.5, 0.6) is 0 Å². The number of hydrogen-bond donors (Lipinski definition) is 0. The molecular weight excluding hydrogens is 703 g/mol. The van der Waals surface area contributed by atoms with Crippen LogP contribution in [-0.4, -0.2) is 14.5 Å². The zero-order valence-electron chi connectivity index (χ0n) is 32.2. The maximum Gasteiger partial charge on any atom is 0.160 e. The molecule has 0 spiro atoms. The summed E-state index contributed by atoms with van der Waals surface area (Å²) in [5, 5.41) is 10.1. The Labute approximate surface area is 336 Å². The van der Waals surface area contributed by atoms with Gasteiger partial charge in [-0.05, 0) is 97.0 Å². The lowest BCUT2D eigenvalue weighted by atomic mass is 9.82. The smallest absolute Gasteiger partial charge is 0.160 e. The summed E-state index contributed by atoms with van der Waals surface area (Å²) in [4.78, 5) is 10.3. The highest BCUT2D eigenvalue weighted by molar-refractivity contribution is 6.25. The maximum atomic E-state index is 5.23. The zero-order chi connectivity index (χ0) is 38.5. The molecule has 1 aliphatic rings. The maximum absolute atomic E-state index is 5.23.